The zero-order valence-electron chi connectivity index (χ0n) is 13.2. The van der Waals surface area contributed by atoms with Gasteiger partial charge in [0.05, 0.1) is 18.7 Å². The van der Waals surface area contributed by atoms with E-state index in [1.165, 1.54) is 24.2 Å². The third-order valence-electron chi connectivity index (χ3n) is 3.34. The van der Waals surface area contributed by atoms with Gasteiger partial charge in [-0.3, -0.25) is 0 Å². The van der Waals surface area contributed by atoms with Gasteiger partial charge in [0.2, 0.25) is 0 Å². The number of ether oxygens (including phenoxy) is 1. The molecule has 0 aliphatic heterocycles. The fraction of sp³-hybridized carbons (Fsp3) is 0.412. The number of anilines is 1. The van der Waals surface area contributed by atoms with Crippen LogP contribution in [-0.2, 0) is 11.3 Å². The highest BCUT2D eigenvalue weighted by Gasteiger charge is 2.07. The number of aromatic nitrogens is 1. The Hall–Kier alpha value is -1.59. The van der Waals surface area contributed by atoms with E-state index in [0.717, 1.165) is 23.4 Å². The van der Waals surface area contributed by atoms with Gasteiger partial charge in [0, 0.05) is 16.8 Å². The second-order valence-electron chi connectivity index (χ2n) is 5.21. The van der Waals surface area contributed by atoms with Gasteiger partial charge >= 0.3 is 5.97 Å². The summed E-state index contributed by atoms with van der Waals surface area (Å²) in [5.41, 5.74) is 1.51. The third-order valence-corrected chi connectivity index (χ3v) is 4.46. The van der Waals surface area contributed by atoms with Gasteiger partial charge in [-0.25, -0.2) is 9.78 Å². The Morgan fingerprint density at radius 3 is 2.70 bits per heavy atom. The van der Waals surface area contributed by atoms with Crippen LogP contribution in [0, 0.1) is 0 Å². The number of unbranched alkanes of at least 4 members (excludes halogenated alkanes) is 3. The molecule has 1 N–H and O–H groups in total. The number of carbonyl (C=O) groups is 1. The molecule has 0 atom stereocenters. The smallest absolute Gasteiger partial charge is 0.338 e. The van der Waals surface area contributed by atoms with E-state index in [2.05, 4.69) is 17.2 Å². The first kappa shape index (κ1) is 17.8. The van der Waals surface area contributed by atoms with Crippen molar-refractivity contribution in [3.05, 3.63) is 45.4 Å². The number of rotatable bonds is 9. The summed E-state index contributed by atoms with van der Waals surface area (Å²) in [6.07, 6.45) is 6.15. The number of carbonyl (C=O) groups excluding carboxylic acids is 1. The number of nitrogens with zero attached hydrogens (tertiary/aromatic N) is 1. The number of benzene rings is 1. The second kappa shape index (κ2) is 9.53. The average molecular weight is 353 g/mol. The molecule has 0 fully saturated rings. The standard InChI is InChI=1S/C17H21ClN2O2S/c1-2-3-4-5-10-22-16(21)13-6-8-14(9-7-13)19-11-15-12-20-17(18)23-15/h6-9,12,19H,2-5,10-11H2,1H3. The van der Waals surface area contributed by atoms with Gasteiger partial charge in [-0.2, -0.15) is 0 Å². The van der Waals surface area contributed by atoms with E-state index in [0.29, 0.717) is 23.2 Å². The largest absolute Gasteiger partial charge is 0.462 e. The summed E-state index contributed by atoms with van der Waals surface area (Å²) in [6.45, 7) is 3.31. The number of hydrogen-bond donors (Lipinski definition) is 1. The molecule has 1 heterocycles. The van der Waals surface area contributed by atoms with Crippen molar-refractivity contribution < 1.29 is 9.53 Å². The van der Waals surface area contributed by atoms with Gasteiger partial charge in [0.15, 0.2) is 4.47 Å². The zero-order valence-corrected chi connectivity index (χ0v) is 14.8. The molecule has 0 aliphatic carbocycles. The molecular weight excluding hydrogens is 332 g/mol. The molecule has 4 nitrogen and oxygen atoms in total. The molecule has 0 radical (unpaired) electrons. The van der Waals surface area contributed by atoms with E-state index < -0.39 is 0 Å². The molecule has 0 aliphatic rings. The van der Waals surface area contributed by atoms with Crippen LogP contribution in [0.15, 0.2) is 30.5 Å². The summed E-state index contributed by atoms with van der Waals surface area (Å²) < 4.78 is 5.81. The van der Waals surface area contributed by atoms with Gasteiger partial charge in [-0.05, 0) is 30.7 Å². The number of hydrogen-bond acceptors (Lipinski definition) is 5. The Morgan fingerprint density at radius 2 is 2.04 bits per heavy atom. The first-order valence-corrected chi connectivity index (χ1v) is 8.99. The second-order valence-corrected chi connectivity index (χ2v) is 6.90. The lowest BCUT2D eigenvalue weighted by molar-refractivity contribution is 0.0498. The van der Waals surface area contributed by atoms with Crippen LogP contribution in [0.2, 0.25) is 4.47 Å². The van der Waals surface area contributed by atoms with E-state index in [1.54, 1.807) is 18.3 Å². The quantitative estimate of drug-likeness (QED) is 0.501. The van der Waals surface area contributed by atoms with Crippen LogP contribution in [0.4, 0.5) is 5.69 Å². The van der Waals surface area contributed by atoms with Gasteiger partial charge in [0.1, 0.15) is 0 Å². The number of thiazole rings is 1. The fourth-order valence-electron chi connectivity index (χ4n) is 2.06. The summed E-state index contributed by atoms with van der Waals surface area (Å²) in [5, 5.41) is 3.27. The maximum Gasteiger partial charge on any atom is 0.338 e. The van der Waals surface area contributed by atoms with Gasteiger partial charge in [-0.15, -0.1) is 11.3 Å². The molecule has 1 aromatic heterocycles. The van der Waals surface area contributed by atoms with Gasteiger partial charge < -0.3 is 10.1 Å². The van der Waals surface area contributed by atoms with E-state index >= 15 is 0 Å². The highest BCUT2D eigenvalue weighted by Crippen LogP contribution is 2.19. The average Bonchev–Trinajstić information content (AvgIpc) is 2.98. The lowest BCUT2D eigenvalue weighted by atomic mass is 10.2. The molecule has 0 spiro atoms. The molecule has 0 saturated carbocycles. The van der Waals surface area contributed by atoms with Crippen LogP contribution >= 0.6 is 22.9 Å². The van der Waals surface area contributed by atoms with Crippen molar-refractivity contribution in [3.63, 3.8) is 0 Å². The van der Waals surface area contributed by atoms with Crippen molar-refractivity contribution in [2.24, 2.45) is 0 Å². The van der Waals surface area contributed by atoms with Crippen molar-refractivity contribution >= 4 is 34.6 Å². The topological polar surface area (TPSA) is 51.2 Å². The Bertz CT molecular complexity index is 613. The summed E-state index contributed by atoms with van der Waals surface area (Å²) in [5.74, 6) is -0.262. The van der Waals surface area contributed by atoms with Crippen LogP contribution in [0.1, 0.15) is 47.8 Å². The van der Waals surface area contributed by atoms with E-state index in [9.17, 15) is 4.79 Å². The number of nitrogens with one attached hydrogen (secondary N) is 1. The Kier molecular flexibility index (Phi) is 7.36. The van der Waals surface area contributed by atoms with Crippen molar-refractivity contribution in [2.45, 2.75) is 39.2 Å². The Balaban J connectivity index is 1.76. The SMILES string of the molecule is CCCCCCOC(=O)c1ccc(NCc2cnc(Cl)s2)cc1. The molecule has 0 bridgehead atoms. The predicted molar refractivity (Wildman–Crippen MR) is 95.3 cm³/mol. The van der Waals surface area contributed by atoms with Crippen molar-refractivity contribution in [3.8, 4) is 0 Å². The summed E-state index contributed by atoms with van der Waals surface area (Å²) in [6, 6.07) is 7.29. The van der Waals surface area contributed by atoms with E-state index in [1.807, 2.05) is 12.1 Å². The van der Waals surface area contributed by atoms with Crippen LogP contribution in [0.5, 0.6) is 0 Å². The molecule has 6 heteroatoms. The minimum absolute atomic E-state index is 0.262. The third kappa shape index (κ3) is 6.20. The lowest BCUT2D eigenvalue weighted by Crippen LogP contribution is -2.06. The molecule has 1 aromatic carbocycles. The highest BCUT2D eigenvalue weighted by molar-refractivity contribution is 7.15. The van der Waals surface area contributed by atoms with Crippen LogP contribution in [-0.4, -0.2) is 17.6 Å². The molecule has 0 amide bonds. The first-order valence-electron chi connectivity index (χ1n) is 7.80. The van der Waals surface area contributed by atoms with Crippen molar-refractivity contribution in [1.29, 1.82) is 0 Å². The summed E-state index contributed by atoms with van der Waals surface area (Å²) in [4.78, 5) is 17.0. The van der Waals surface area contributed by atoms with E-state index in [4.69, 9.17) is 16.3 Å². The van der Waals surface area contributed by atoms with Gasteiger partial charge in [-0.1, -0.05) is 37.8 Å². The molecule has 0 saturated heterocycles. The molecule has 0 unspecified atom stereocenters. The Morgan fingerprint density at radius 1 is 1.26 bits per heavy atom. The number of esters is 1. The lowest BCUT2D eigenvalue weighted by Gasteiger charge is -2.07. The Labute approximate surface area is 145 Å². The maximum absolute atomic E-state index is 11.9. The molecule has 124 valence electrons. The first-order chi connectivity index (χ1) is 11.2. The summed E-state index contributed by atoms with van der Waals surface area (Å²) in [7, 11) is 0. The fourth-order valence-corrected chi connectivity index (χ4v) is 2.97. The monoisotopic (exact) mass is 352 g/mol. The minimum Gasteiger partial charge on any atom is -0.462 e. The molecule has 23 heavy (non-hydrogen) atoms. The molecule has 2 aromatic rings. The van der Waals surface area contributed by atoms with E-state index in [-0.39, 0.29) is 5.97 Å². The highest BCUT2D eigenvalue weighted by atomic mass is 35.5. The minimum atomic E-state index is -0.262. The van der Waals surface area contributed by atoms with Gasteiger partial charge in [0.25, 0.3) is 0 Å². The maximum atomic E-state index is 11.9. The predicted octanol–water partition coefficient (Wildman–Crippen LogP) is 5.15. The zero-order chi connectivity index (χ0) is 16.5. The normalized spacial score (nSPS) is 10.5. The van der Waals surface area contributed by atoms with Crippen molar-refractivity contribution in [1.82, 2.24) is 4.98 Å². The molecule has 2 rings (SSSR count). The summed E-state index contributed by atoms with van der Waals surface area (Å²) >= 11 is 7.24. The molecular formula is C17H21ClN2O2S. The van der Waals surface area contributed by atoms with Crippen LogP contribution in [0.25, 0.3) is 0 Å². The van der Waals surface area contributed by atoms with Crippen molar-refractivity contribution in [2.75, 3.05) is 11.9 Å². The van der Waals surface area contributed by atoms with Crippen LogP contribution < -0.4 is 5.32 Å². The van der Waals surface area contributed by atoms with Crippen LogP contribution in [0.3, 0.4) is 0 Å². The number of halogens is 1.